The first kappa shape index (κ1) is 23.1. The molecule has 0 aliphatic heterocycles. The summed E-state index contributed by atoms with van der Waals surface area (Å²) in [5, 5.41) is 12.2. The monoisotopic (exact) mass is 445 g/mol. The molecule has 1 amide bonds. The zero-order chi connectivity index (χ0) is 22.8. The first-order chi connectivity index (χ1) is 15.6. The standard InChI is InChI=1S/C16H16N4S.C9H11NO/c1-2-21-16-19-18-15(12-7-6-8-13(17)11-12)20(16)14-9-4-3-5-10-14;1-8-2-4-9(5-3-8)6-10-7-11/h3-11H,2,17H2,1H3;2-5,7H,6H2,1H3,(H,10,11). The van der Waals surface area contributed by atoms with Crippen molar-refractivity contribution >= 4 is 23.9 Å². The van der Waals surface area contributed by atoms with E-state index in [1.807, 2.05) is 73.7 Å². The second-order valence-corrected chi connectivity index (χ2v) is 8.25. The predicted molar refractivity (Wildman–Crippen MR) is 132 cm³/mol. The largest absolute Gasteiger partial charge is 0.399 e. The summed E-state index contributed by atoms with van der Waals surface area (Å²) in [6.07, 6.45) is 0.708. The molecule has 0 bridgehead atoms. The fourth-order valence-electron chi connectivity index (χ4n) is 3.03. The third kappa shape index (κ3) is 6.21. The summed E-state index contributed by atoms with van der Waals surface area (Å²) in [6, 6.07) is 25.9. The molecule has 3 aromatic carbocycles. The predicted octanol–water partition coefficient (Wildman–Crippen LogP) is 4.87. The van der Waals surface area contributed by atoms with Crippen LogP contribution in [0.5, 0.6) is 0 Å². The molecule has 1 heterocycles. The Kier molecular flexibility index (Phi) is 8.45. The highest BCUT2D eigenvalue weighted by Crippen LogP contribution is 2.28. The van der Waals surface area contributed by atoms with Crippen molar-refractivity contribution in [3.05, 3.63) is 90.0 Å². The Morgan fingerprint density at radius 2 is 1.75 bits per heavy atom. The van der Waals surface area contributed by atoms with Crippen LogP contribution in [0.15, 0.2) is 84.0 Å². The maximum atomic E-state index is 9.93. The molecule has 0 aliphatic rings. The summed E-state index contributed by atoms with van der Waals surface area (Å²) in [5.74, 6) is 1.76. The summed E-state index contributed by atoms with van der Waals surface area (Å²) >= 11 is 1.67. The van der Waals surface area contributed by atoms with Crippen LogP contribution < -0.4 is 11.1 Å². The number of nitrogen functional groups attached to an aromatic ring is 1. The summed E-state index contributed by atoms with van der Waals surface area (Å²) in [6.45, 7) is 4.76. The van der Waals surface area contributed by atoms with Gasteiger partial charge in [-0.25, -0.2) is 0 Å². The lowest BCUT2D eigenvalue weighted by Crippen LogP contribution is -2.09. The second-order valence-electron chi connectivity index (χ2n) is 7.02. The van der Waals surface area contributed by atoms with Gasteiger partial charge >= 0.3 is 0 Å². The lowest BCUT2D eigenvalue weighted by atomic mass is 10.1. The van der Waals surface area contributed by atoms with Gasteiger partial charge in [0.1, 0.15) is 0 Å². The SMILES string of the molecule is CCSc1nnc(-c2cccc(N)c2)n1-c1ccccc1.Cc1ccc(CNC=O)cc1. The van der Waals surface area contributed by atoms with Crippen LogP contribution in [-0.2, 0) is 11.3 Å². The van der Waals surface area contributed by atoms with E-state index in [0.717, 1.165) is 39.2 Å². The molecule has 0 spiro atoms. The van der Waals surface area contributed by atoms with Gasteiger partial charge in [0.25, 0.3) is 0 Å². The maximum absolute atomic E-state index is 9.93. The number of nitrogens with two attached hydrogens (primary N) is 1. The molecule has 7 heteroatoms. The minimum atomic E-state index is 0.615. The number of benzene rings is 3. The average Bonchev–Trinajstić information content (AvgIpc) is 3.24. The van der Waals surface area contributed by atoms with Gasteiger partial charge in [0.2, 0.25) is 6.41 Å². The molecule has 4 aromatic rings. The number of nitrogens with zero attached hydrogens (tertiary/aromatic N) is 3. The Morgan fingerprint density at radius 1 is 1.00 bits per heavy atom. The average molecular weight is 446 g/mol. The van der Waals surface area contributed by atoms with Gasteiger partial charge in [0.05, 0.1) is 0 Å². The number of amides is 1. The van der Waals surface area contributed by atoms with Crippen LogP contribution >= 0.6 is 11.8 Å². The van der Waals surface area contributed by atoms with Gasteiger partial charge in [0.15, 0.2) is 11.0 Å². The molecule has 4 rings (SSSR count). The van der Waals surface area contributed by atoms with E-state index >= 15 is 0 Å². The molecule has 0 radical (unpaired) electrons. The van der Waals surface area contributed by atoms with Gasteiger partial charge in [-0.05, 0) is 42.5 Å². The number of carbonyl (C=O) groups is 1. The van der Waals surface area contributed by atoms with Crippen molar-refractivity contribution in [1.29, 1.82) is 0 Å². The van der Waals surface area contributed by atoms with Crippen LogP contribution in [0.25, 0.3) is 17.1 Å². The number of aromatic nitrogens is 3. The van der Waals surface area contributed by atoms with Gasteiger partial charge < -0.3 is 11.1 Å². The zero-order valence-corrected chi connectivity index (χ0v) is 19.0. The first-order valence-electron chi connectivity index (χ1n) is 10.3. The van der Waals surface area contributed by atoms with E-state index < -0.39 is 0 Å². The number of anilines is 1. The van der Waals surface area contributed by atoms with Crippen molar-refractivity contribution in [2.75, 3.05) is 11.5 Å². The van der Waals surface area contributed by atoms with Crippen LogP contribution in [0.4, 0.5) is 5.69 Å². The lowest BCUT2D eigenvalue weighted by molar-refractivity contribution is -0.109. The van der Waals surface area contributed by atoms with Gasteiger partial charge in [0, 0.05) is 23.5 Å². The van der Waals surface area contributed by atoms with E-state index in [4.69, 9.17) is 5.73 Å². The van der Waals surface area contributed by atoms with E-state index in [1.165, 1.54) is 5.56 Å². The van der Waals surface area contributed by atoms with Crippen LogP contribution in [0.1, 0.15) is 18.1 Å². The fourth-order valence-corrected chi connectivity index (χ4v) is 3.71. The van der Waals surface area contributed by atoms with Gasteiger partial charge in [-0.1, -0.05) is 78.8 Å². The van der Waals surface area contributed by atoms with Crippen molar-refractivity contribution in [2.24, 2.45) is 0 Å². The van der Waals surface area contributed by atoms with E-state index in [2.05, 4.69) is 39.1 Å². The van der Waals surface area contributed by atoms with Crippen molar-refractivity contribution in [3.8, 4) is 17.1 Å². The highest BCUT2D eigenvalue weighted by atomic mass is 32.2. The van der Waals surface area contributed by atoms with E-state index in [1.54, 1.807) is 11.8 Å². The summed E-state index contributed by atoms with van der Waals surface area (Å²) in [4.78, 5) is 9.93. The molecule has 0 atom stereocenters. The normalized spacial score (nSPS) is 10.2. The van der Waals surface area contributed by atoms with Gasteiger partial charge in [-0.2, -0.15) is 0 Å². The molecular formula is C25H27N5OS. The second kappa shape index (κ2) is 11.7. The quantitative estimate of drug-likeness (QED) is 0.241. The van der Waals surface area contributed by atoms with Crippen LogP contribution in [-0.4, -0.2) is 26.9 Å². The number of aryl methyl sites for hydroxylation is 1. The Hall–Kier alpha value is -3.58. The molecule has 6 nitrogen and oxygen atoms in total. The topological polar surface area (TPSA) is 85.8 Å². The van der Waals surface area contributed by atoms with E-state index in [9.17, 15) is 4.79 Å². The van der Waals surface area contributed by atoms with Gasteiger partial charge in [-0.3, -0.25) is 9.36 Å². The van der Waals surface area contributed by atoms with Crippen molar-refractivity contribution in [1.82, 2.24) is 20.1 Å². The van der Waals surface area contributed by atoms with Crippen LogP contribution in [0.2, 0.25) is 0 Å². The molecule has 0 unspecified atom stereocenters. The number of rotatable bonds is 7. The van der Waals surface area contributed by atoms with Crippen LogP contribution in [0, 0.1) is 6.92 Å². The third-order valence-corrected chi connectivity index (χ3v) is 5.39. The van der Waals surface area contributed by atoms with Crippen molar-refractivity contribution in [2.45, 2.75) is 25.5 Å². The highest BCUT2D eigenvalue weighted by Gasteiger charge is 2.15. The van der Waals surface area contributed by atoms with Gasteiger partial charge in [-0.15, -0.1) is 10.2 Å². The maximum Gasteiger partial charge on any atom is 0.207 e. The molecule has 164 valence electrons. The summed E-state index contributed by atoms with van der Waals surface area (Å²) in [5.41, 5.74) is 11.0. The van der Waals surface area contributed by atoms with Crippen LogP contribution in [0.3, 0.4) is 0 Å². The molecule has 3 N–H and O–H groups in total. The van der Waals surface area contributed by atoms with E-state index in [0.29, 0.717) is 13.0 Å². The number of hydrogen-bond donors (Lipinski definition) is 2. The Labute approximate surface area is 192 Å². The third-order valence-electron chi connectivity index (χ3n) is 4.58. The van der Waals surface area contributed by atoms with Crippen molar-refractivity contribution in [3.63, 3.8) is 0 Å². The number of carbonyl (C=O) groups excluding carboxylic acids is 1. The Morgan fingerprint density at radius 3 is 2.41 bits per heavy atom. The number of thioether (sulfide) groups is 1. The molecule has 0 saturated heterocycles. The minimum absolute atomic E-state index is 0.615. The first-order valence-corrected chi connectivity index (χ1v) is 11.3. The molecule has 0 fully saturated rings. The molecule has 0 saturated carbocycles. The zero-order valence-electron chi connectivity index (χ0n) is 18.2. The molecule has 32 heavy (non-hydrogen) atoms. The number of para-hydroxylation sites is 1. The summed E-state index contributed by atoms with van der Waals surface area (Å²) < 4.78 is 2.07. The Bertz CT molecular complexity index is 1130. The summed E-state index contributed by atoms with van der Waals surface area (Å²) in [7, 11) is 0. The lowest BCUT2D eigenvalue weighted by Gasteiger charge is -2.10. The highest BCUT2D eigenvalue weighted by molar-refractivity contribution is 7.99. The number of nitrogens with one attached hydrogen (secondary N) is 1. The Balaban J connectivity index is 0.000000222. The fraction of sp³-hybridized carbons (Fsp3) is 0.160. The smallest absolute Gasteiger partial charge is 0.207 e. The number of hydrogen-bond acceptors (Lipinski definition) is 5. The minimum Gasteiger partial charge on any atom is -0.399 e. The molecule has 1 aromatic heterocycles. The molecular weight excluding hydrogens is 418 g/mol. The van der Waals surface area contributed by atoms with E-state index in [-0.39, 0.29) is 0 Å². The molecule has 0 aliphatic carbocycles. The van der Waals surface area contributed by atoms with Crippen molar-refractivity contribution < 1.29 is 4.79 Å².